The molecule has 0 heterocycles. The van der Waals surface area contributed by atoms with Gasteiger partial charge in [-0.25, -0.2) is 9.79 Å². The molecule has 194 valence electrons. The van der Waals surface area contributed by atoms with E-state index in [0.29, 0.717) is 29.2 Å². The van der Waals surface area contributed by atoms with Crippen LogP contribution in [0.3, 0.4) is 0 Å². The number of hydrogen-bond donors (Lipinski definition) is 3. The van der Waals surface area contributed by atoms with Gasteiger partial charge < -0.3 is 40.0 Å². The third kappa shape index (κ3) is 8.93. The second-order valence-electron chi connectivity index (χ2n) is 7.28. The molecule has 0 bridgehead atoms. The van der Waals surface area contributed by atoms with Crippen LogP contribution in [-0.4, -0.2) is 75.6 Å². The van der Waals surface area contributed by atoms with E-state index in [9.17, 15) is 20.1 Å². The molecular weight excluding hydrogens is 479 g/mol. The second kappa shape index (κ2) is 15.3. The number of phenolic OH excluding ortho intramolecular Hbond substituents is 1. The van der Waals surface area contributed by atoms with Crippen molar-refractivity contribution in [2.45, 2.75) is 18.9 Å². The summed E-state index contributed by atoms with van der Waals surface area (Å²) in [5.74, 6) is -0.446. The molecule has 0 aliphatic rings. The Hall–Kier alpha value is -3.88. The van der Waals surface area contributed by atoms with Crippen LogP contribution in [0.5, 0.6) is 34.5 Å². The fourth-order valence-corrected chi connectivity index (χ4v) is 3.07. The fourth-order valence-electron chi connectivity index (χ4n) is 3.07. The van der Waals surface area contributed by atoms with Gasteiger partial charge in [0.05, 0.1) is 34.0 Å². The summed E-state index contributed by atoms with van der Waals surface area (Å²) in [4.78, 5) is 23.8. The third-order valence-corrected chi connectivity index (χ3v) is 4.99. The Labute approximate surface area is 226 Å². The maximum atomic E-state index is 12.3. The molecule has 12 nitrogen and oxygen atoms in total. The molecule has 0 aromatic heterocycles. The number of nitrogens with zero attached hydrogens (tertiary/aromatic N) is 3. The topological polar surface area (TPSA) is 181 Å². The molecule has 1 unspecified atom stereocenters. The molecule has 0 spiro atoms. The summed E-state index contributed by atoms with van der Waals surface area (Å²) in [5.41, 5.74) is 6.22. The van der Waals surface area contributed by atoms with Gasteiger partial charge in [-0.2, -0.15) is 0 Å². The Morgan fingerprint density at radius 1 is 1.00 bits per heavy atom. The largest absolute Gasteiger partial charge is 1.00 e. The molecule has 0 aliphatic heterocycles. The third-order valence-electron chi connectivity index (χ3n) is 4.99. The number of hydrogen-bond acceptors (Lipinski definition) is 9. The molecular formula is C24H29LiN4O8. The van der Waals surface area contributed by atoms with Crippen molar-refractivity contribution < 1.29 is 57.9 Å². The molecule has 0 aliphatic carbocycles. The first-order chi connectivity index (χ1) is 17.2. The van der Waals surface area contributed by atoms with Crippen LogP contribution in [0.4, 0.5) is 0 Å². The van der Waals surface area contributed by atoms with E-state index < -0.39 is 17.8 Å². The molecule has 4 N–H and O–H groups in total. The van der Waals surface area contributed by atoms with E-state index in [0.717, 1.165) is 0 Å². The molecule has 2 rings (SSSR count). The van der Waals surface area contributed by atoms with Crippen molar-refractivity contribution in [1.82, 2.24) is 0 Å². The maximum absolute atomic E-state index is 12.3. The summed E-state index contributed by atoms with van der Waals surface area (Å²) >= 11 is 0. The van der Waals surface area contributed by atoms with Crippen LogP contribution in [0.2, 0.25) is 0 Å². The first-order valence-electron chi connectivity index (χ1n) is 10.7. The molecule has 13 heteroatoms. The standard InChI is InChI=1S/C24H30N4O8.Li/c1-33-14-8-19(29)16(21(10-14)35-3)12-27-18(23(31)32)6-5-7-26-24(25)28-13-17-20(30)9-15(34-2)11-22(17)36-4;/h8-13,18,29-30H,5-7H2,1-4H3,(H2,25,26)(H,31,32);/q;+1/p-1. The first-order valence-corrected chi connectivity index (χ1v) is 10.7. The molecule has 1 atom stereocenters. The zero-order valence-electron chi connectivity index (χ0n) is 21.4. The SMILES string of the molecule is COc1cc([O-])c(C=NC(CCCN=C(N)N=Cc2c(O)cc(OC)cc2OC)C(=O)O)c(OC)c1.[Li+]. The molecule has 0 saturated carbocycles. The van der Waals surface area contributed by atoms with E-state index >= 15 is 0 Å². The van der Waals surface area contributed by atoms with Crippen molar-refractivity contribution in [2.24, 2.45) is 20.7 Å². The van der Waals surface area contributed by atoms with E-state index in [1.165, 1.54) is 59.1 Å². The number of carboxylic acid groups (broad SMARTS) is 1. The van der Waals surface area contributed by atoms with Crippen molar-refractivity contribution in [2.75, 3.05) is 35.0 Å². The van der Waals surface area contributed by atoms with Crippen molar-refractivity contribution >= 4 is 24.4 Å². The van der Waals surface area contributed by atoms with Crippen LogP contribution in [0.1, 0.15) is 24.0 Å². The van der Waals surface area contributed by atoms with Crippen LogP contribution < -0.4 is 48.6 Å². The van der Waals surface area contributed by atoms with Gasteiger partial charge >= 0.3 is 24.8 Å². The average Bonchev–Trinajstić information content (AvgIpc) is 2.86. The van der Waals surface area contributed by atoms with Crippen molar-refractivity contribution in [3.63, 3.8) is 0 Å². The summed E-state index contributed by atoms with van der Waals surface area (Å²) in [6.45, 7) is 0.187. The molecule has 0 saturated heterocycles. The predicted molar refractivity (Wildman–Crippen MR) is 133 cm³/mol. The molecule has 37 heavy (non-hydrogen) atoms. The van der Waals surface area contributed by atoms with Crippen LogP contribution in [0, 0.1) is 0 Å². The van der Waals surface area contributed by atoms with Gasteiger partial charge in [0.2, 0.25) is 5.96 Å². The van der Waals surface area contributed by atoms with E-state index in [1.54, 1.807) is 6.07 Å². The Morgan fingerprint density at radius 3 is 2.16 bits per heavy atom. The number of ether oxygens (including phenoxy) is 4. The summed E-state index contributed by atoms with van der Waals surface area (Å²) < 4.78 is 20.5. The van der Waals surface area contributed by atoms with Crippen LogP contribution in [-0.2, 0) is 4.79 Å². The summed E-state index contributed by atoms with van der Waals surface area (Å²) in [5, 5.41) is 31.9. The number of rotatable bonds is 12. The molecule has 2 aromatic carbocycles. The minimum Gasteiger partial charge on any atom is -0.872 e. The van der Waals surface area contributed by atoms with Crippen LogP contribution in [0.15, 0.2) is 39.2 Å². The number of nitrogens with two attached hydrogens (primary N) is 1. The predicted octanol–water partition coefficient (Wildman–Crippen LogP) is -1.41. The Morgan fingerprint density at radius 2 is 1.59 bits per heavy atom. The van der Waals surface area contributed by atoms with Gasteiger partial charge in [0.25, 0.3) is 0 Å². The van der Waals surface area contributed by atoms with Gasteiger partial charge in [0.15, 0.2) is 0 Å². The fraction of sp³-hybridized carbons (Fsp3) is 0.333. The molecule has 0 amide bonds. The Balaban J connectivity index is 0.00000684. The normalized spacial score (nSPS) is 12.3. The monoisotopic (exact) mass is 508 g/mol. The number of carboxylic acids is 1. The second-order valence-corrected chi connectivity index (χ2v) is 7.28. The zero-order chi connectivity index (χ0) is 26.7. The minimum absolute atomic E-state index is 0. The number of guanidine groups is 1. The molecule has 0 fully saturated rings. The summed E-state index contributed by atoms with van der Waals surface area (Å²) in [7, 11) is 5.71. The van der Waals surface area contributed by atoms with Gasteiger partial charge in [-0.15, -0.1) is 0 Å². The minimum atomic E-state index is -1.15. The van der Waals surface area contributed by atoms with Crippen molar-refractivity contribution in [3.05, 3.63) is 35.4 Å². The van der Waals surface area contributed by atoms with Gasteiger partial charge in [0.1, 0.15) is 34.8 Å². The van der Waals surface area contributed by atoms with E-state index in [2.05, 4.69) is 15.0 Å². The number of methoxy groups -OCH3 is 4. The number of phenols is 1. The number of aliphatic imine (C=N–C) groups is 3. The van der Waals surface area contributed by atoms with Gasteiger partial charge in [-0.3, -0.25) is 9.98 Å². The Bertz CT molecular complexity index is 1150. The van der Waals surface area contributed by atoms with Crippen LogP contribution >= 0.6 is 0 Å². The average molecular weight is 508 g/mol. The summed E-state index contributed by atoms with van der Waals surface area (Å²) in [6, 6.07) is 4.66. The van der Waals surface area contributed by atoms with Crippen LogP contribution in [0.25, 0.3) is 0 Å². The van der Waals surface area contributed by atoms with E-state index in [4.69, 9.17) is 24.7 Å². The molecule has 2 aromatic rings. The number of benzene rings is 2. The van der Waals surface area contributed by atoms with Gasteiger partial charge in [0, 0.05) is 42.7 Å². The maximum Gasteiger partial charge on any atom is 1.00 e. The molecule has 0 radical (unpaired) electrons. The smallest absolute Gasteiger partial charge is 0.872 e. The number of aliphatic carboxylic acids is 1. The van der Waals surface area contributed by atoms with Crippen molar-refractivity contribution in [3.8, 4) is 34.5 Å². The summed E-state index contributed by atoms with van der Waals surface area (Å²) in [6.07, 6.45) is 2.98. The number of aromatic hydroxyl groups is 1. The van der Waals surface area contributed by atoms with E-state index in [1.807, 2.05) is 0 Å². The number of carbonyl (C=O) groups is 1. The van der Waals surface area contributed by atoms with E-state index in [-0.39, 0.29) is 54.8 Å². The Kier molecular flexibility index (Phi) is 12.9. The first kappa shape index (κ1) is 31.1. The quantitative estimate of drug-likeness (QED) is 0.134. The van der Waals surface area contributed by atoms with Crippen molar-refractivity contribution in [1.29, 1.82) is 0 Å². The zero-order valence-corrected chi connectivity index (χ0v) is 21.4. The van der Waals surface area contributed by atoms with Gasteiger partial charge in [-0.05, 0) is 18.9 Å². The van der Waals surface area contributed by atoms with Gasteiger partial charge in [-0.1, -0.05) is 5.75 Å².